The summed E-state index contributed by atoms with van der Waals surface area (Å²) < 4.78 is 5.55. The lowest BCUT2D eigenvalue weighted by atomic mass is 10.2. The number of nitrogens with zero attached hydrogens (tertiary/aromatic N) is 2. The van der Waals surface area contributed by atoms with Crippen LogP contribution in [0.2, 0.25) is 0 Å². The number of rotatable bonds is 8. The molecule has 5 nitrogen and oxygen atoms in total. The maximum Gasteiger partial charge on any atom is 0.225 e. The van der Waals surface area contributed by atoms with Crippen molar-refractivity contribution in [2.75, 3.05) is 30.3 Å². The molecule has 1 atom stereocenters. The average Bonchev–Trinajstić information content (AvgIpc) is 2.51. The number of aromatic nitrogens is 2. The third-order valence-corrected chi connectivity index (χ3v) is 3.14. The van der Waals surface area contributed by atoms with Crippen molar-refractivity contribution in [1.82, 2.24) is 9.97 Å². The number of nitrogens with one attached hydrogen (secondary N) is 2. The van der Waals surface area contributed by atoms with Gasteiger partial charge < -0.3 is 15.4 Å². The second kappa shape index (κ2) is 7.78. The molecule has 0 spiro atoms. The second-order valence-corrected chi connectivity index (χ2v) is 4.99. The SMILES string of the molecule is CCCNc1nc(NCC(C)OCC)c2ccccc2n1. The Bertz CT molecular complexity index is 573. The zero-order valence-electron chi connectivity index (χ0n) is 13.0. The van der Waals surface area contributed by atoms with Crippen LogP contribution in [0, 0.1) is 0 Å². The standard InChI is InChI=1S/C16H24N4O/c1-4-10-17-16-19-14-9-7-6-8-13(14)15(20-16)18-11-12(3)21-5-2/h6-9,12H,4-5,10-11H2,1-3H3,(H2,17,18,19,20). The van der Waals surface area contributed by atoms with E-state index in [4.69, 9.17) is 4.74 Å². The Kier molecular flexibility index (Phi) is 5.75. The molecule has 1 unspecified atom stereocenters. The molecule has 1 heterocycles. The highest BCUT2D eigenvalue weighted by Crippen LogP contribution is 2.21. The van der Waals surface area contributed by atoms with Crippen LogP contribution >= 0.6 is 0 Å². The normalized spacial score (nSPS) is 12.3. The highest BCUT2D eigenvalue weighted by atomic mass is 16.5. The van der Waals surface area contributed by atoms with Crippen LogP contribution in [0.5, 0.6) is 0 Å². The van der Waals surface area contributed by atoms with E-state index in [-0.39, 0.29) is 6.10 Å². The highest BCUT2D eigenvalue weighted by molar-refractivity contribution is 5.90. The third-order valence-electron chi connectivity index (χ3n) is 3.14. The van der Waals surface area contributed by atoms with Crippen LogP contribution in [0.3, 0.4) is 0 Å². The average molecular weight is 288 g/mol. The Morgan fingerprint density at radius 3 is 2.71 bits per heavy atom. The van der Waals surface area contributed by atoms with Gasteiger partial charge in [-0.2, -0.15) is 4.98 Å². The zero-order chi connectivity index (χ0) is 15.1. The van der Waals surface area contributed by atoms with Crippen LogP contribution in [0.1, 0.15) is 27.2 Å². The molecule has 5 heteroatoms. The monoisotopic (exact) mass is 288 g/mol. The fourth-order valence-electron chi connectivity index (χ4n) is 2.11. The number of ether oxygens (including phenoxy) is 1. The minimum atomic E-state index is 0.149. The number of anilines is 2. The van der Waals surface area contributed by atoms with Crippen LogP contribution in [0.25, 0.3) is 10.9 Å². The summed E-state index contributed by atoms with van der Waals surface area (Å²) in [7, 11) is 0. The minimum Gasteiger partial charge on any atom is -0.377 e. The Balaban J connectivity index is 2.22. The van der Waals surface area contributed by atoms with E-state index < -0.39 is 0 Å². The van der Waals surface area contributed by atoms with Gasteiger partial charge >= 0.3 is 0 Å². The third kappa shape index (κ3) is 4.29. The molecule has 0 bridgehead atoms. The van der Waals surface area contributed by atoms with E-state index >= 15 is 0 Å². The molecule has 2 aromatic rings. The lowest BCUT2D eigenvalue weighted by Crippen LogP contribution is -2.20. The zero-order valence-corrected chi connectivity index (χ0v) is 13.0. The van der Waals surface area contributed by atoms with Crippen LogP contribution in [0.15, 0.2) is 24.3 Å². The molecule has 1 aromatic heterocycles. The van der Waals surface area contributed by atoms with Crippen molar-refractivity contribution < 1.29 is 4.74 Å². The van der Waals surface area contributed by atoms with Gasteiger partial charge in [0.25, 0.3) is 0 Å². The van der Waals surface area contributed by atoms with Gasteiger partial charge in [0.15, 0.2) is 0 Å². The Hall–Kier alpha value is -1.88. The van der Waals surface area contributed by atoms with Crippen LogP contribution in [-0.4, -0.2) is 35.8 Å². The van der Waals surface area contributed by atoms with E-state index in [0.29, 0.717) is 5.95 Å². The summed E-state index contributed by atoms with van der Waals surface area (Å²) in [6, 6.07) is 8.03. The number of hydrogen-bond acceptors (Lipinski definition) is 5. The fraction of sp³-hybridized carbons (Fsp3) is 0.500. The first-order valence-electron chi connectivity index (χ1n) is 7.60. The van der Waals surface area contributed by atoms with E-state index in [1.165, 1.54) is 0 Å². The van der Waals surface area contributed by atoms with Crippen LogP contribution in [-0.2, 0) is 4.74 Å². The molecule has 2 rings (SSSR count). The van der Waals surface area contributed by atoms with Gasteiger partial charge in [0.2, 0.25) is 5.95 Å². The summed E-state index contributed by atoms with van der Waals surface area (Å²) in [5.41, 5.74) is 0.942. The van der Waals surface area contributed by atoms with Crippen molar-refractivity contribution >= 4 is 22.7 Å². The first kappa shape index (κ1) is 15.5. The maximum atomic E-state index is 5.55. The summed E-state index contributed by atoms with van der Waals surface area (Å²) in [6.45, 7) is 8.49. The van der Waals surface area contributed by atoms with Gasteiger partial charge in [0.1, 0.15) is 5.82 Å². The summed E-state index contributed by atoms with van der Waals surface area (Å²) in [5.74, 6) is 1.52. The van der Waals surface area contributed by atoms with Gasteiger partial charge in [0.05, 0.1) is 11.6 Å². The number of hydrogen-bond donors (Lipinski definition) is 2. The maximum absolute atomic E-state index is 5.55. The number of fused-ring (bicyclic) bond motifs is 1. The molecule has 0 aliphatic carbocycles. The molecule has 1 aromatic carbocycles. The van der Waals surface area contributed by atoms with Crippen molar-refractivity contribution in [1.29, 1.82) is 0 Å². The largest absolute Gasteiger partial charge is 0.377 e. The van der Waals surface area contributed by atoms with E-state index in [1.54, 1.807) is 0 Å². The van der Waals surface area contributed by atoms with E-state index in [9.17, 15) is 0 Å². The molecule has 0 saturated carbocycles. The predicted molar refractivity (Wildman–Crippen MR) is 87.9 cm³/mol. The van der Waals surface area contributed by atoms with Gasteiger partial charge in [-0.15, -0.1) is 0 Å². The molecule has 0 saturated heterocycles. The second-order valence-electron chi connectivity index (χ2n) is 4.99. The Morgan fingerprint density at radius 2 is 1.95 bits per heavy atom. The summed E-state index contributed by atoms with van der Waals surface area (Å²) in [6.07, 6.45) is 1.19. The molecule has 0 radical (unpaired) electrons. The van der Waals surface area contributed by atoms with Crippen molar-refractivity contribution in [3.05, 3.63) is 24.3 Å². The van der Waals surface area contributed by atoms with E-state index in [1.807, 2.05) is 31.2 Å². The molecule has 0 amide bonds. The molecule has 21 heavy (non-hydrogen) atoms. The minimum absolute atomic E-state index is 0.149. The van der Waals surface area contributed by atoms with Gasteiger partial charge in [-0.05, 0) is 32.4 Å². The predicted octanol–water partition coefficient (Wildman–Crippen LogP) is 3.29. The van der Waals surface area contributed by atoms with Crippen molar-refractivity contribution in [3.8, 4) is 0 Å². The number of para-hydroxylation sites is 1. The molecule has 114 valence electrons. The lowest BCUT2D eigenvalue weighted by molar-refractivity contribution is 0.0855. The van der Waals surface area contributed by atoms with Gasteiger partial charge in [-0.25, -0.2) is 4.98 Å². The lowest BCUT2D eigenvalue weighted by Gasteiger charge is -2.15. The van der Waals surface area contributed by atoms with Crippen molar-refractivity contribution in [2.24, 2.45) is 0 Å². The summed E-state index contributed by atoms with van der Waals surface area (Å²) >= 11 is 0. The topological polar surface area (TPSA) is 59.1 Å². The smallest absolute Gasteiger partial charge is 0.225 e. The molecular weight excluding hydrogens is 264 g/mol. The van der Waals surface area contributed by atoms with E-state index in [0.717, 1.165) is 42.8 Å². The first-order valence-corrected chi connectivity index (χ1v) is 7.60. The van der Waals surface area contributed by atoms with Gasteiger partial charge in [-0.1, -0.05) is 19.1 Å². The molecule has 0 aliphatic rings. The quantitative estimate of drug-likeness (QED) is 0.780. The summed E-state index contributed by atoms with van der Waals surface area (Å²) in [4.78, 5) is 9.12. The number of benzene rings is 1. The summed E-state index contributed by atoms with van der Waals surface area (Å²) in [5, 5.41) is 7.65. The van der Waals surface area contributed by atoms with Crippen molar-refractivity contribution in [3.63, 3.8) is 0 Å². The first-order chi connectivity index (χ1) is 10.2. The Morgan fingerprint density at radius 1 is 1.14 bits per heavy atom. The van der Waals surface area contributed by atoms with Gasteiger partial charge in [0, 0.05) is 25.1 Å². The molecular formula is C16H24N4O. The fourth-order valence-corrected chi connectivity index (χ4v) is 2.11. The van der Waals surface area contributed by atoms with E-state index in [2.05, 4.69) is 34.4 Å². The Labute approximate surface area is 126 Å². The van der Waals surface area contributed by atoms with Crippen LogP contribution < -0.4 is 10.6 Å². The highest BCUT2D eigenvalue weighted by Gasteiger charge is 2.08. The van der Waals surface area contributed by atoms with Crippen LogP contribution in [0.4, 0.5) is 11.8 Å². The van der Waals surface area contributed by atoms with Crippen molar-refractivity contribution in [2.45, 2.75) is 33.3 Å². The molecule has 0 fully saturated rings. The molecule has 2 N–H and O–H groups in total. The van der Waals surface area contributed by atoms with Gasteiger partial charge in [-0.3, -0.25) is 0 Å². The molecule has 0 aliphatic heterocycles.